The highest BCUT2D eigenvalue weighted by molar-refractivity contribution is 5.98. The summed E-state index contributed by atoms with van der Waals surface area (Å²) in [5.74, 6) is -0.159. The molecule has 1 heterocycles. The second-order valence-electron chi connectivity index (χ2n) is 6.50. The quantitative estimate of drug-likeness (QED) is 0.872. The molecule has 1 saturated carbocycles. The van der Waals surface area contributed by atoms with Crippen molar-refractivity contribution >= 4 is 17.4 Å². The fourth-order valence-corrected chi connectivity index (χ4v) is 3.37. The maximum absolute atomic E-state index is 11.8. The molecule has 0 bridgehead atoms. The Bertz CT molecular complexity index is 787. The number of hydrogen-bond donors (Lipinski definition) is 2. The number of aromatic nitrogens is 2. The summed E-state index contributed by atoms with van der Waals surface area (Å²) in [6.07, 6.45) is 6.53. The van der Waals surface area contributed by atoms with Crippen LogP contribution in [0.15, 0.2) is 30.5 Å². The van der Waals surface area contributed by atoms with E-state index in [9.17, 15) is 10.1 Å². The minimum atomic E-state index is -0.525. The summed E-state index contributed by atoms with van der Waals surface area (Å²) < 4.78 is 1.75. The fourth-order valence-electron chi connectivity index (χ4n) is 3.37. The Kier molecular flexibility index (Phi) is 5.03. The van der Waals surface area contributed by atoms with Gasteiger partial charge in [-0.2, -0.15) is 10.4 Å². The third-order valence-electron chi connectivity index (χ3n) is 4.86. The topological polar surface area (TPSA) is 96.7 Å². The number of nitrogens with one attached hydrogen (secondary N) is 1. The minimum Gasteiger partial charge on any atom is -0.365 e. The number of hydrogen-bond acceptors (Lipinski definition) is 4. The van der Waals surface area contributed by atoms with E-state index in [-0.39, 0.29) is 12.0 Å². The monoisotopic (exact) mass is 337 g/mol. The summed E-state index contributed by atoms with van der Waals surface area (Å²) in [5.41, 5.74) is 7.97. The van der Waals surface area contributed by atoms with Crippen LogP contribution in [-0.2, 0) is 6.42 Å². The van der Waals surface area contributed by atoms with E-state index in [2.05, 4.69) is 23.4 Å². The number of primary amides is 1. The maximum atomic E-state index is 11.8. The minimum absolute atomic E-state index is 0.00475. The number of benzene rings is 1. The van der Waals surface area contributed by atoms with Gasteiger partial charge in [0.25, 0.3) is 5.91 Å². The number of nitrogens with two attached hydrogens (primary N) is 1. The second-order valence-corrected chi connectivity index (χ2v) is 6.50. The van der Waals surface area contributed by atoms with Crippen LogP contribution >= 0.6 is 0 Å². The zero-order valence-electron chi connectivity index (χ0n) is 14.4. The molecule has 1 aliphatic rings. The van der Waals surface area contributed by atoms with Gasteiger partial charge in [0, 0.05) is 11.9 Å². The Morgan fingerprint density at radius 3 is 2.72 bits per heavy atom. The molecule has 0 aliphatic heterocycles. The highest BCUT2D eigenvalue weighted by atomic mass is 16.1. The van der Waals surface area contributed by atoms with Crippen LogP contribution in [0, 0.1) is 17.2 Å². The number of anilines is 2. The van der Waals surface area contributed by atoms with Gasteiger partial charge in [-0.25, -0.2) is 0 Å². The van der Waals surface area contributed by atoms with Crippen molar-refractivity contribution in [2.75, 3.05) is 5.32 Å². The van der Waals surface area contributed by atoms with Gasteiger partial charge in [0.15, 0.2) is 5.82 Å². The van der Waals surface area contributed by atoms with Crippen molar-refractivity contribution in [3.8, 4) is 6.07 Å². The van der Waals surface area contributed by atoms with Crippen molar-refractivity contribution in [3.05, 3.63) is 41.6 Å². The van der Waals surface area contributed by atoms with Crippen LogP contribution in [-0.4, -0.2) is 15.7 Å². The number of carbonyl (C=O) groups is 1. The SMILES string of the molecule is CCc1ccc(Nc2nn(C3CCCCC3C#N)cc2C(N)=O)cc1. The van der Waals surface area contributed by atoms with E-state index in [4.69, 9.17) is 5.73 Å². The molecule has 1 aromatic carbocycles. The van der Waals surface area contributed by atoms with Crippen molar-refractivity contribution in [2.45, 2.75) is 45.1 Å². The zero-order chi connectivity index (χ0) is 17.8. The fraction of sp³-hybridized carbons (Fsp3) is 0.421. The van der Waals surface area contributed by atoms with Crippen molar-refractivity contribution in [1.82, 2.24) is 9.78 Å². The maximum Gasteiger partial charge on any atom is 0.254 e. The van der Waals surface area contributed by atoms with Crippen LogP contribution in [0.5, 0.6) is 0 Å². The van der Waals surface area contributed by atoms with Gasteiger partial charge in [0.1, 0.15) is 5.56 Å². The van der Waals surface area contributed by atoms with Gasteiger partial charge >= 0.3 is 0 Å². The van der Waals surface area contributed by atoms with E-state index in [0.717, 1.165) is 37.8 Å². The molecule has 1 aromatic heterocycles. The molecule has 6 nitrogen and oxygen atoms in total. The standard InChI is InChI=1S/C19H23N5O/c1-2-13-7-9-15(10-8-13)22-19-16(18(21)25)12-24(23-19)17-6-4-3-5-14(17)11-20/h7-10,12,14,17H,2-6H2,1H3,(H2,21,25)(H,22,23). The van der Waals surface area contributed by atoms with E-state index in [0.29, 0.717) is 11.4 Å². The first-order valence-electron chi connectivity index (χ1n) is 8.77. The third-order valence-corrected chi connectivity index (χ3v) is 4.86. The molecule has 2 aromatic rings. The Labute approximate surface area is 147 Å². The first-order chi connectivity index (χ1) is 12.1. The molecule has 2 unspecified atom stereocenters. The molecular formula is C19H23N5O. The van der Waals surface area contributed by atoms with Gasteiger partial charge in [-0.3, -0.25) is 9.48 Å². The first kappa shape index (κ1) is 17.0. The van der Waals surface area contributed by atoms with E-state index >= 15 is 0 Å². The van der Waals surface area contributed by atoms with Gasteiger partial charge in [0.05, 0.1) is 18.0 Å². The number of nitriles is 1. The Morgan fingerprint density at radius 1 is 1.36 bits per heavy atom. The summed E-state index contributed by atoms with van der Waals surface area (Å²) in [6, 6.07) is 10.4. The van der Waals surface area contributed by atoms with Gasteiger partial charge in [-0.15, -0.1) is 0 Å². The van der Waals surface area contributed by atoms with Crippen LogP contribution in [0.4, 0.5) is 11.5 Å². The highest BCUT2D eigenvalue weighted by Crippen LogP contribution is 2.34. The van der Waals surface area contributed by atoms with Crippen LogP contribution in [0.25, 0.3) is 0 Å². The molecule has 3 N–H and O–H groups in total. The molecule has 0 saturated heterocycles. The summed E-state index contributed by atoms with van der Waals surface area (Å²) >= 11 is 0. The second kappa shape index (κ2) is 7.39. The average molecular weight is 337 g/mol. The highest BCUT2D eigenvalue weighted by Gasteiger charge is 2.28. The van der Waals surface area contributed by atoms with Crippen molar-refractivity contribution in [1.29, 1.82) is 5.26 Å². The molecular weight excluding hydrogens is 314 g/mol. The molecule has 130 valence electrons. The number of amides is 1. The number of nitrogens with zero attached hydrogens (tertiary/aromatic N) is 3. The summed E-state index contributed by atoms with van der Waals surface area (Å²) in [7, 11) is 0. The molecule has 2 atom stereocenters. The van der Waals surface area contributed by atoms with Crippen molar-refractivity contribution < 1.29 is 4.79 Å². The molecule has 3 rings (SSSR count). The van der Waals surface area contributed by atoms with Crippen LogP contribution < -0.4 is 11.1 Å². The number of carbonyl (C=O) groups excluding carboxylic acids is 1. The van der Waals surface area contributed by atoms with Gasteiger partial charge in [-0.05, 0) is 37.0 Å². The van der Waals surface area contributed by atoms with Gasteiger partial charge in [0.2, 0.25) is 0 Å². The first-order valence-corrected chi connectivity index (χ1v) is 8.77. The van der Waals surface area contributed by atoms with Crippen molar-refractivity contribution in [3.63, 3.8) is 0 Å². The Morgan fingerprint density at radius 2 is 2.08 bits per heavy atom. The molecule has 1 fully saturated rings. The number of rotatable bonds is 5. The van der Waals surface area contributed by atoms with Crippen LogP contribution in [0.1, 0.15) is 54.6 Å². The molecule has 6 heteroatoms. The summed E-state index contributed by atoms with van der Waals surface area (Å²) in [5, 5.41) is 17.1. The average Bonchev–Trinajstić information content (AvgIpc) is 3.06. The summed E-state index contributed by atoms with van der Waals surface area (Å²) in [4.78, 5) is 11.8. The van der Waals surface area contributed by atoms with E-state index in [1.165, 1.54) is 5.56 Å². The molecule has 1 aliphatic carbocycles. The largest absolute Gasteiger partial charge is 0.365 e. The van der Waals surface area contributed by atoms with E-state index in [1.807, 2.05) is 24.3 Å². The van der Waals surface area contributed by atoms with Gasteiger partial charge < -0.3 is 11.1 Å². The lowest BCUT2D eigenvalue weighted by atomic mass is 9.85. The lowest BCUT2D eigenvalue weighted by Gasteiger charge is -2.26. The van der Waals surface area contributed by atoms with E-state index < -0.39 is 5.91 Å². The zero-order valence-corrected chi connectivity index (χ0v) is 14.4. The predicted molar refractivity (Wildman–Crippen MR) is 96.5 cm³/mol. The summed E-state index contributed by atoms with van der Waals surface area (Å²) in [6.45, 7) is 2.10. The lowest BCUT2D eigenvalue weighted by Crippen LogP contribution is -2.22. The van der Waals surface area contributed by atoms with Crippen LogP contribution in [0.3, 0.4) is 0 Å². The van der Waals surface area contributed by atoms with E-state index in [1.54, 1.807) is 10.9 Å². The Hall–Kier alpha value is -2.81. The normalized spacial score (nSPS) is 20.0. The predicted octanol–water partition coefficient (Wildman–Crippen LogP) is 3.54. The smallest absolute Gasteiger partial charge is 0.254 e. The van der Waals surface area contributed by atoms with Crippen LogP contribution in [0.2, 0.25) is 0 Å². The molecule has 1 amide bonds. The number of aryl methyl sites for hydroxylation is 1. The molecule has 0 radical (unpaired) electrons. The van der Waals surface area contributed by atoms with Gasteiger partial charge in [-0.1, -0.05) is 31.9 Å². The molecule has 0 spiro atoms. The molecule has 25 heavy (non-hydrogen) atoms. The lowest BCUT2D eigenvalue weighted by molar-refractivity contribution is 0.100. The van der Waals surface area contributed by atoms with Crippen molar-refractivity contribution in [2.24, 2.45) is 11.7 Å². The Balaban J connectivity index is 1.89. The third kappa shape index (κ3) is 3.66.